The van der Waals surface area contributed by atoms with Crippen LogP contribution in [0.1, 0.15) is 11.5 Å². The molecule has 0 fully saturated rings. The Bertz CT molecular complexity index is 1280. The van der Waals surface area contributed by atoms with E-state index in [0.29, 0.717) is 28.9 Å². The highest BCUT2D eigenvalue weighted by atomic mass is 32.1. The highest BCUT2D eigenvalue weighted by Gasteiger charge is 2.15. The number of aryl methyl sites for hydroxylation is 1. The number of thiophene rings is 1. The zero-order valence-corrected chi connectivity index (χ0v) is 16.9. The van der Waals surface area contributed by atoms with Gasteiger partial charge in [-0.2, -0.15) is 0 Å². The van der Waals surface area contributed by atoms with Gasteiger partial charge in [0, 0.05) is 11.3 Å². The van der Waals surface area contributed by atoms with E-state index in [4.69, 9.17) is 8.83 Å². The van der Waals surface area contributed by atoms with Crippen LogP contribution in [0.5, 0.6) is 0 Å². The second-order valence-corrected chi connectivity index (χ2v) is 7.74. The number of aromatic nitrogens is 2. The summed E-state index contributed by atoms with van der Waals surface area (Å²) in [6, 6.07) is 18.9. The Morgan fingerprint density at radius 2 is 1.80 bits per heavy atom. The number of anilines is 1. The molecule has 0 aliphatic rings. The molecule has 1 N–H and O–H groups in total. The maximum Gasteiger partial charge on any atom is 0.236 e. The van der Waals surface area contributed by atoms with Crippen molar-refractivity contribution in [2.75, 3.05) is 5.32 Å². The lowest BCUT2D eigenvalue weighted by Crippen LogP contribution is -2.15. The van der Waals surface area contributed by atoms with Crippen LogP contribution < -0.4 is 5.32 Å². The number of fused-ring (bicyclic) bond motifs is 1. The van der Waals surface area contributed by atoms with Crippen molar-refractivity contribution >= 4 is 34.0 Å². The normalized spacial score (nSPS) is 11.1. The highest BCUT2D eigenvalue weighted by molar-refractivity contribution is 7.13. The molecule has 5 rings (SSSR count). The molecule has 0 saturated carbocycles. The van der Waals surface area contributed by atoms with Crippen molar-refractivity contribution in [2.24, 2.45) is 0 Å². The number of carbonyl (C=O) groups is 1. The Balaban J connectivity index is 1.27. The summed E-state index contributed by atoms with van der Waals surface area (Å²) in [5.41, 5.74) is 3.74. The highest BCUT2D eigenvalue weighted by Crippen LogP contribution is 2.27. The summed E-state index contributed by atoms with van der Waals surface area (Å²) in [5.74, 6) is 1.60. The van der Waals surface area contributed by atoms with E-state index >= 15 is 0 Å². The monoisotopic (exact) mass is 415 g/mol. The summed E-state index contributed by atoms with van der Waals surface area (Å²) in [4.78, 5) is 22.4. The van der Waals surface area contributed by atoms with Crippen LogP contribution in [0.15, 0.2) is 74.9 Å². The van der Waals surface area contributed by atoms with Gasteiger partial charge >= 0.3 is 0 Å². The third-order valence-corrected chi connectivity index (χ3v) is 5.52. The van der Waals surface area contributed by atoms with Gasteiger partial charge in [-0.3, -0.25) is 4.79 Å². The third-order valence-electron chi connectivity index (χ3n) is 4.66. The molecule has 6 nitrogen and oxygen atoms in total. The Labute approximate surface area is 176 Å². The van der Waals surface area contributed by atoms with Crippen LogP contribution in [-0.2, 0) is 11.2 Å². The summed E-state index contributed by atoms with van der Waals surface area (Å²) in [6.45, 7) is 1.82. The van der Waals surface area contributed by atoms with Gasteiger partial charge in [0.25, 0.3) is 0 Å². The quantitative estimate of drug-likeness (QED) is 0.398. The smallest absolute Gasteiger partial charge is 0.236 e. The van der Waals surface area contributed by atoms with Gasteiger partial charge < -0.3 is 14.2 Å². The molecular weight excluding hydrogens is 398 g/mol. The number of nitrogens with one attached hydrogen (secondary N) is 1. The fourth-order valence-corrected chi connectivity index (χ4v) is 3.80. The van der Waals surface area contributed by atoms with Crippen LogP contribution in [0.4, 0.5) is 5.69 Å². The molecule has 1 amide bonds. The Hall–Kier alpha value is -3.71. The first kappa shape index (κ1) is 18.3. The van der Waals surface area contributed by atoms with Crippen LogP contribution in [0.3, 0.4) is 0 Å². The number of amides is 1. The SMILES string of the molecule is Cc1oc(-c2cccs2)nc1CC(=O)Nc1ccc(-c2nc3ccccc3o2)cc1. The van der Waals surface area contributed by atoms with Crippen LogP contribution in [0.25, 0.3) is 33.3 Å². The average Bonchev–Trinajstić information content (AvgIpc) is 3.48. The minimum atomic E-state index is -0.154. The molecule has 3 heterocycles. The number of benzene rings is 2. The summed E-state index contributed by atoms with van der Waals surface area (Å²) >= 11 is 1.55. The van der Waals surface area contributed by atoms with Gasteiger partial charge in [-0.15, -0.1) is 11.3 Å². The maximum absolute atomic E-state index is 12.5. The summed E-state index contributed by atoms with van der Waals surface area (Å²) in [5, 5.41) is 4.86. The molecule has 7 heteroatoms. The molecule has 3 aromatic heterocycles. The van der Waals surface area contributed by atoms with Crippen LogP contribution >= 0.6 is 11.3 Å². The fraction of sp³-hybridized carbons (Fsp3) is 0.0870. The zero-order chi connectivity index (χ0) is 20.5. The molecule has 0 bridgehead atoms. The Kier molecular flexibility index (Phi) is 4.65. The molecule has 0 saturated heterocycles. The number of hydrogen-bond acceptors (Lipinski definition) is 6. The summed E-state index contributed by atoms with van der Waals surface area (Å²) in [6.07, 6.45) is 0.146. The number of rotatable bonds is 5. The van der Waals surface area contributed by atoms with E-state index in [1.807, 2.05) is 73.0 Å². The van der Waals surface area contributed by atoms with E-state index in [1.54, 1.807) is 11.3 Å². The average molecular weight is 415 g/mol. The fourth-order valence-electron chi connectivity index (χ4n) is 3.15. The lowest BCUT2D eigenvalue weighted by atomic mass is 10.2. The number of para-hydroxylation sites is 2. The molecule has 148 valence electrons. The summed E-state index contributed by atoms with van der Waals surface area (Å²) < 4.78 is 11.5. The molecule has 2 aromatic carbocycles. The largest absolute Gasteiger partial charge is 0.440 e. The van der Waals surface area contributed by atoms with Gasteiger partial charge in [0.15, 0.2) is 5.58 Å². The molecular formula is C23H17N3O3S. The molecule has 0 atom stereocenters. The molecule has 0 spiro atoms. The van der Waals surface area contributed by atoms with Crippen molar-refractivity contribution in [3.05, 3.63) is 77.5 Å². The van der Waals surface area contributed by atoms with E-state index in [9.17, 15) is 4.79 Å². The van der Waals surface area contributed by atoms with Gasteiger partial charge in [-0.25, -0.2) is 9.97 Å². The standard InChI is InChI=1S/C23H17N3O3S/c1-14-18(26-23(28-14)20-7-4-12-30-20)13-21(27)24-16-10-8-15(9-11-16)22-25-17-5-2-3-6-19(17)29-22/h2-12H,13H2,1H3,(H,24,27). The minimum Gasteiger partial charge on any atom is -0.440 e. The van der Waals surface area contributed by atoms with Crippen molar-refractivity contribution < 1.29 is 13.6 Å². The topological polar surface area (TPSA) is 81.2 Å². The van der Waals surface area contributed by atoms with Crippen LogP contribution in [0, 0.1) is 6.92 Å². The van der Waals surface area contributed by atoms with E-state index in [0.717, 1.165) is 21.5 Å². The van der Waals surface area contributed by atoms with Gasteiger partial charge in [0.05, 0.1) is 17.0 Å². The first-order valence-electron chi connectivity index (χ1n) is 9.42. The van der Waals surface area contributed by atoms with Gasteiger partial charge in [0.2, 0.25) is 17.7 Å². The number of carbonyl (C=O) groups excluding carboxylic acids is 1. The van der Waals surface area contributed by atoms with E-state index in [-0.39, 0.29) is 12.3 Å². The lowest BCUT2D eigenvalue weighted by Gasteiger charge is -2.05. The first-order valence-corrected chi connectivity index (χ1v) is 10.3. The number of nitrogens with zero attached hydrogens (tertiary/aromatic N) is 2. The molecule has 0 aliphatic carbocycles. The molecule has 0 aliphatic heterocycles. The Morgan fingerprint density at radius 3 is 2.57 bits per heavy atom. The molecule has 0 radical (unpaired) electrons. The van der Waals surface area contributed by atoms with E-state index < -0.39 is 0 Å². The number of oxazole rings is 2. The van der Waals surface area contributed by atoms with Gasteiger partial charge in [0.1, 0.15) is 11.3 Å². The second-order valence-electron chi connectivity index (χ2n) is 6.79. The van der Waals surface area contributed by atoms with E-state index in [2.05, 4.69) is 15.3 Å². The van der Waals surface area contributed by atoms with Crippen molar-refractivity contribution in [1.82, 2.24) is 9.97 Å². The second kappa shape index (κ2) is 7.61. The number of hydrogen-bond donors (Lipinski definition) is 1. The first-order chi connectivity index (χ1) is 14.7. The van der Waals surface area contributed by atoms with Crippen molar-refractivity contribution in [3.63, 3.8) is 0 Å². The lowest BCUT2D eigenvalue weighted by molar-refractivity contribution is -0.115. The zero-order valence-electron chi connectivity index (χ0n) is 16.1. The van der Waals surface area contributed by atoms with Crippen molar-refractivity contribution in [3.8, 4) is 22.2 Å². The molecule has 0 unspecified atom stereocenters. The van der Waals surface area contributed by atoms with Gasteiger partial charge in [-0.05, 0) is 54.8 Å². The van der Waals surface area contributed by atoms with Crippen LogP contribution in [0.2, 0.25) is 0 Å². The minimum absolute atomic E-state index is 0.146. The van der Waals surface area contributed by atoms with Gasteiger partial charge in [-0.1, -0.05) is 18.2 Å². The Morgan fingerprint density at radius 1 is 0.967 bits per heavy atom. The maximum atomic E-state index is 12.5. The van der Waals surface area contributed by atoms with Crippen molar-refractivity contribution in [2.45, 2.75) is 13.3 Å². The summed E-state index contributed by atoms with van der Waals surface area (Å²) in [7, 11) is 0. The predicted octanol–water partition coefficient (Wildman–Crippen LogP) is 5.70. The van der Waals surface area contributed by atoms with E-state index in [1.165, 1.54) is 0 Å². The predicted molar refractivity (Wildman–Crippen MR) is 116 cm³/mol. The third kappa shape index (κ3) is 3.62. The van der Waals surface area contributed by atoms with Crippen LogP contribution in [-0.4, -0.2) is 15.9 Å². The van der Waals surface area contributed by atoms with Crippen molar-refractivity contribution in [1.29, 1.82) is 0 Å². The molecule has 5 aromatic rings. The molecule has 30 heavy (non-hydrogen) atoms.